The summed E-state index contributed by atoms with van der Waals surface area (Å²) < 4.78 is 5.49. The van der Waals surface area contributed by atoms with Crippen molar-refractivity contribution < 1.29 is 24.2 Å². The van der Waals surface area contributed by atoms with Crippen molar-refractivity contribution in [3.63, 3.8) is 0 Å². The SMILES string of the molecule is CC(=O)C[C@@H](O)CC(=O)[C@H]1OC(=O)CCCCCCc2ccccc21. The summed E-state index contributed by atoms with van der Waals surface area (Å²) in [7, 11) is 0. The molecule has 25 heavy (non-hydrogen) atoms. The van der Waals surface area contributed by atoms with Crippen LogP contribution in [-0.4, -0.2) is 28.7 Å². The predicted molar refractivity (Wildman–Crippen MR) is 93.0 cm³/mol. The van der Waals surface area contributed by atoms with Crippen LogP contribution in [0.3, 0.4) is 0 Å². The Hall–Kier alpha value is -2.01. The maximum absolute atomic E-state index is 12.7. The van der Waals surface area contributed by atoms with Gasteiger partial charge < -0.3 is 9.84 Å². The minimum atomic E-state index is -1.05. The number of Topliss-reactive ketones (excluding diaryl/α,β-unsaturated/α-hetero) is 2. The van der Waals surface area contributed by atoms with Crippen LogP contribution in [0.1, 0.15) is 69.1 Å². The number of aliphatic hydroxyl groups excluding tert-OH is 1. The quantitative estimate of drug-likeness (QED) is 0.829. The van der Waals surface area contributed by atoms with Crippen molar-refractivity contribution in [2.45, 2.75) is 70.5 Å². The van der Waals surface area contributed by atoms with Crippen LogP contribution in [0.5, 0.6) is 0 Å². The number of fused-ring (bicyclic) bond motifs is 1. The first-order valence-electron chi connectivity index (χ1n) is 8.95. The van der Waals surface area contributed by atoms with E-state index in [0.717, 1.165) is 37.7 Å². The monoisotopic (exact) mass is 346 g/mol. The van der Waals surface area contributed by atoms with Crippen molar-refractivity contribution >= 4 is 17.5 Å². The van der Waals surface area contributed by atoms with Crippen molar-refractivity contribution in [3.8, 4) is 0 Å². The second kappa shape index (κ2) is 9.47. The van der Waals surface area contributed by atoms with Gasteiger partial charge in [0, 0.05) is 24.8 Å². The highest BCUT2D eigenvalue weighted by molar-refractivity contribution is 5.88. The number of hydrogen-bond acceptors (Lipinski definition) is 5. The van der Waals surface area contributed by atoms with Gasteiger partial charge in [-0.05, 0) is 31.7 Å². The van der Waals surface area contributed by atoms with Crippen molar-refractivity contribution in [1.29, 1.82) is 0 Å². The van der Waals surface area contributed by atoms with Crippen LogP contribution in [0, 0.1) is 0 Å². The third-order valence-electron chi connectivity index (χ3n) is 4.42. The molecule has 0 aliphatic carbocycles. The van der Waals surface area contributed by atoms with Gasteiger partial charge >= 0.3 is 5.97 Å². The molecule has 1 heterocycles. The fourth-order valence-electron chi connectivity index (χ4n) is 3.19. The lowest BCUT2D eigenvalue weighted by Crippen LogP contribution is -2.25. The van der Waals surface area contributed by atoms with E-state index in [-0.39, 0.29) is 24.4 Å². The molecule has 0 spiro atoms. The molecular weight excluding hydrogens is 320 g/mol. The van der Waals surface area contributed by atoms with Crippen molar-refractivity contribution in [1.82, 2.24) is 0 Å². The van der Waals surface area contributed by atoms with Crippen LogP contribution in [0.15, 0.2) is 24.3 Å². The highest BCUT2D eigenvalue weighted by Gasteiger charge is 2.29. The minimum absolute atomic E-state index is 0.0753. The van der Waals surface area contributed by atoms with E-state index < -0.39 is 18.2 Å². The molecule has 0 amide bonds. The summed E-state index contributed by atoms with van der Waals surface area (Å²) in [5.41, 5.74) is 1.69. The van der Waals surface area contributed by atoms with Crippen LogP contribution in [-0.2, 0) is 25.5 Å². The number of carbonyl (C=O) groups is 3. The zero-order chi connectivity index (χ0) is 18.2. The Morgan fingerprint density at radius 1 is 1.12 bits per heavy atom. The van der Waals surface area contributed by atoms with Gasteiger partial charge in [0.15, 0.2) is 11.9 Å². The fourth-order valence-corrected chi connectivity index (χ4v) is 3.19. The van der Waals surface area contributed by atoms with Crippen molar-refractivity contribution in [2.75, 3.05) is 0 Å². The molecular formula is C20H26O5. The predicted octanol–water partition coefficient (Wildman–Crippen LogP) is 3.08. The molecule has 1 aromatic rings. The Kier molecular flexibility index (Phi) is 7.31. The molecule has 2 atom stereocenters. The second-order valence-corrected chi connectivity index (χ2v) is 6.71. The number of benzene rings is 1. The first kappa shape index (κ1) is 19.3. The van der Waals surface area contributed by atoms with Crippen molar-refractivity contribution in [3.05, 3.63) is 35.4 Å². The first-order valence-corrected chi connectivity index (χ1v) is 8.95. The Balaban J connectivity index is 2.25. The third-order valence-corrected chi connectivity index (χ3v) is 4.42. The zero-order valence-corrected chi connectivity index (χ0v) is 14.7. The van der Waals surface area contributed by atoms with E-state index in [9.17, 15) is 19.5 Å². The highest BCUT2D eigenvalue weighted by Crippen LogP contribution is 2.28. The molecule has 5 heteroatoms. The number of ketones is 2. The summed E-state index contributed by atoms with van der Waals surface area (Å²) in [5.74, 6) is -0.940. The number of aliphatic hydroxyl groups is 1. The zero-order valence-electron chi connectivity index (χ0n) is 14.7. The van der Waals surface area contributed by atoms with E-state index in [1.54, 1.807) is 6.07 Å². The fraction of sp³-hybridized carbons (Fsp3) is 0.550. The van der Waals surface area contributed by atoms with Gasteiger partial charge in [0.05, 0.1) is 6.10 Å². The van der Waals surface area contributed by atoms with Gasteiger partial charge in [0.1, 0.15) is 5.78 Å². The molecule has 136 valence electrons. The van der Waals surface area contributed by atoms with E-state index in [1.165, 1.54) is 6.92 Å². The van der Waals surface area contributed by atoms with Crippen LogP contribution < -0.4 is 0 Å². The molecule has 0 unspecified atom stereocenters. The lowest BCUT2D eigenvalue weighted by molar-refractivity contribution is -0.156. The largest absolute Gasteiger partial charge is 0.449 e. The number of hydrogen-bond donors (Lipinski definition) is 1. The molecule has 1 aliphatic heterocycles. The molecule has 0 bridgehead atoms. The lowest BCUT2D eigenvalue weighted by Gasteiger charge is -2.21. The Morgan fingerprint density at radius 3 is 2.52 bits per heavy atom. The van der Waals surface area contributed by atoms with Gasteiger partial charge in [-0.25, -0.2) is 0 Å². The van der Waals surface area contributed by atoms with Gasteiger partial charge in [0.25, 0.3) is 0 Å². The lowest BCUT2D eigenvalue weighted by atomic mass is 9.93. The number of esters is 1. The summed E-state index contributed by atoms with van der Waals surface area (Å²) in [4.78, 5) is 35.9. The number of ether oxygens (including phenoxy) is 1. The van der Waals surface area contributed by atoms with Gasteiger partial charge in [-0.1, -0.05) is 37.1 Å². The van der Waals surface area contributed by atoms with Gasteiger partial charge in [-0.3, -0.25) is 14.4 Å². The average molecular weight is 346 g/mol. The van der Waals surface area contributed by atoms with E-state index in [0.29, 0.717) is 12.0 Å². The standard InChI is InChI=1S/C20H26O5/c1-14(21)12-16(22)13-18(23)20-17-10-7-6-9-15(17)8-4-2-3-5-11-19(24)25-20/h6-7,9-10,16,20,22H,2-5,8,11-13H2,1H3/t16-,20+/m1/s1. The van der Waals surface area contributed by atoms with Crippen LogP contribution in [0.2, 0.25) is 0 Å². The maximum Gasteiger partial charge on any atom is 0.306 e. The Morgan fingerprint density at radius 2 is 1.80 bits per heavy atom. The Bertz CT molecular complexity index is 622. The highest BCUT2D eigenvalue weighted by atomic mass is 16.5. The van der Waals surface area contributed by atoms with E-state index in [2.05, 4.69) is 0 Å². The summed E-state index contributed by atoms with van der Waals surface area (Å²) in [5, 5.41) is 9.92. The van der Waals surface area contributed by atoms with Gasteiger partial charge in [-0.15, -0.1) is 0 Å². The summed E-state index contributed by atoms with van der Waals surface area (Å²) >= 11 is 0. The number of rotatable bonds is 5. The van der Waals surface area contributed by atoms with Gasteiger partial charge in [-0.2, -0.15) is 0 Å². The molecule has 0 saturated carbocycles. The molecule has 1 aromatic carbocycles. The molecule has 0 aromatic heterocycles. The molecule has 1 aliphatic rings. The third kappa shape index (κ3) is 6.09. The van der Waals surface area contributed by atoms with E-state index in [4.69, 9.17) is 4.74 Å². The summed E-state index contributed by atoms with van der Waals surface area (Å²) in [6, 6.07) is 7.48. The molecule has 0 fully saturated rings. The van der Waals surface area contributed by atoms with Crippen LogP contribution in [0.25, 0.3) is 0 Å². The molecule has 5 nitrogen and oxygen atoms in total. The topological polar surface area (TPSA) is 80.7 Å². The van der Waals surface area contributed by atoms with E-state index in [1.807, 2.05) is 18.2 Å². The minimum Gasteiger partial charge on any atom is -0.449 e. The molecule has 2 rings (SSSR count). The van der Waals surface area contributed by atoms with Crippen LogP contribution in [0.4, 0.5) is 0 Å². The van der Waals surface area contributed by atoms with E-state index >= 15 is 0 Å². The second-order valence-electron chi connectivity index (χ2n) is 6.71. The van der Waals surface area contributed by atoms with Crippen molar-refractivity contribution in [2.24, 2.45) is 0 Å². The summed E-state index contributed by atoms with van der Waals surface area (Å²) in [6.07, 6.45) is 2.54. The average Bonchev–Trinajstić information content (AvgIpc) is 2.58. The smallest absolute Gasteiger partial charge is 0.306 e. The molecule has 1 N–H and O–H groups in total. The maximum atomic E-state index is 12.7. The molecule has 0 radical (unpaired) electrons. The Labute approximate surface area is 148 Å². The first-order chi connectivity index (χ1) is 12.0. The number of carbonyl (C=O) groups excluding carboxylic acids is 3. The van der Waals surface area contributed by atoms with Crippen LogP contribution >= 0.6 is 0 Å². The van der Waals surface area contributed by atoms with Gasteiger partial charge in [0.2, 0.25) is 0 Å². The number of aryl methyl sites for hydroxylation is 1. The normalized spacial score (nSPS) is 19.9. The number of cyclic esters (lactones) is 1. The summed E-state index contributed by atoms with van der Waals surface area (Å²) in [6.45, 7) is 1.37. The molecule has 0 saturated heterocycles.